The number of anilines is 1. The van der Waals surface area contributed by atoms with E-state index in [-0.39, 0.29) is 11.8 Å². The zero-order valence-electron chi connectivity index (χ0n) is 18.9. The number of rotatable bonds is 6. The van der Waals surface area contributed by atoms with E-state index in [4.69, 9.17) is 19.6 Å². The largest absolute Gasteiger partial charge is 0.493 e. The van der Waals surface area contributed by atoms with E-state index < -0.39 is 0 Å². The number of allylic oxidation sites excluding steroid dienone is 2. The molecule has 0 saturated carbocycles. The molecule has 0 radical (unpaired) electrons. The summed E-state index contributed by atoms with van der Waals surface area (Å²) in [6, 6.07) is 13.8. The highest BCUT2D eigenvalue weighted by Crippen LogP contribution is 2.42. The average molecular weight is 463 g/mol. The molecule has 7 nitrogen and oxygen atoms in total. The number of benzene rings is 2. The van der Waals surface area contributed by atoms with Crippen molar-refractivity contribution in [3.63, 3.8) is 0 Å². The predicted octanol–water partition coefficient (Wildman–Crippen LogP) is 4.92. The zero-order valence-corrected chi connectivity index (χ0v) is 19.7. The van der Waals surface area contributed by atoms with Crippen LogP contribution in [0.25, 0.3) is 0 Å². The first-order valence-corrected chi connectivity index (χ1v) is 12.0. The molecule has 33 heavy (non-hydrogen) atoms. The number of carbonyl (C=O) groups is 1. The third-order valence-electron chi connectivity index (χ3n) is 6.02. The molecule has 5 rings (SSSR count). The average Bonchev–Trinajstić information content (AvgIpc) is 3.23. The van der Waals surface area contributed by atoms with Crippen LogP contribution in [-0.4, -0.2) is 34.8 Å². The minimum absolute atomic E-state index is 0.152. The van der Waals surface area contributed by atoms with Crippen LogP contribution >= 0.6 is 11.8 Å². The molecule has 2 aliphatic rings. The van der Waals surface area contributed by atoms with Crippen molar-refractivity contribution in [2.24, 2.45) is 0 Å². The highest BCUT2D eigenvalue weighted by atomic mass is 32.2. The Labute approximate surface area is 197 Å². The number of methoxy groups -OCH3 is 2. The van der Waals surface area contributed by atoms with Crippen LogP contribution in [0.15, 0.2) is 58.9 Å². The lowest BCUT2D eigenvalue weighted by atomic mass is 9.85. The van der Waals surface area contributed by atoms with Crippen LogP contribution in [-0.2, 0) is 10.5 Å². The molecule has 170 valence electrons. The van der Waals surface area contributed by atoms with Crippen molar-refractivity contribution in [1.82, 2.24) is 14.8 Å². The van der Waals surface area contributed by atoms with Crippen LogP contribution in [0, 0.1) is 6.92 Å². The van der Waals surface area contributed by atoms with E-state index in [1.165, 1.54) is 11.1 Å². The molecule has 1 N–H and O–H groups in total. The van der Waals surface area contributed by atoms with Crippen LogP contribution < -0.4 is 14.8 Å². The molecule has 1 aliphatic carbocycles. The second kappa shape index (κ2) is 8.94. The van der Waals surface area contributed by atoms with Gasteiger partial charge in [0.2, 0.25) is 11.1 Å². The Bertz CT molecular complexity index is 1250. The summed E-state index contributed by atoms with van der Waals surface area (Å²) in [4.78, 5) is 17.8. The molecule has 3 aromatic rings. The summed E-state index contributed by atoms with van der Waals surface area (Å²) in [6.45, 7) is 2.09. The Kier molecular flexibility index (Phi) is 5.85. The Morgan fingerprint density at radius 2 is 1.97 bits per heavy atom. The Hall–Kier alpha value is -3.26. The Morgan fingerprint density at radius 1 is 1.12 bits per heavy atom. The Morgan fingerprint density at radius 3 is 2.76 bits per heavy atom. The molecular weight excluding hydrogens is 436 g/mol. The lowest BCUT2D eigenvalue weighted by Crippen LogP contribution is -2.31. The fourth-order valence-electron chi connectivity index (χ4n) is 4.48. The van der Waals surface area contributed by atoms with E-state index in [1.54, 1.807) is 26.0 Å². The number of aryl methyl sites for hydroxylation is 1. The number of ether oxygens (including phenoxy) is 2. The van der Waals surface area contributed by atoms with Gasteiger partial charge in [0.25, 0.3) is 0 Å². The highest BCUT2D eigenvalue weighted by molar-refractivity contribution is 7.98. The maximum absolute atomic E-state index is 13.0. The molecule has 8 heteroatoms. The van der Waals surface area contributed by atoms with Crippen molar-refractivity contribution < 1.29 is 14.3 Å². The van der Waals surface area contributed by atoms with Crippen molar-refractivity contribution in [1.29, 1.82) is 0 Å². The van der Waals surface area contributed by atoms with Gasteiger partial charge in [-0.2, -0.15) is 4.98 Å². The molecule has 0 unspecified atom stereocenters. The summed E-state index contributed by atoms with van der Waals surface area (Å²) in [7, 11) is 3.22. The zero-order chi connectivity index (χ0) is 22.9. The summed E-state index contributed by atoms with van der Waals surface area (Å²) in [6.07, 6.45) is 2.21. The number of fused-ring (bicyclic) bond motifs is 1. The fourth-order valence-corrected chi connectivity index (χ4v) is 5.25. The number of Topliss-reactive ketones (excluding diaryl/α,β-unsaturated/α-hetero) is 1. The lowest BCUT2D eigenvalue weighted by Gasteiger charge is -2.32. The van der Waals surface area contributed by atoms with Crippen molar-refractivity contribution in [3.05, 3.63) is 70.4 Å². The van der Waals surface area contributed by atoms with Gasteiger partial charge >= 0.3 is 0 Å². The third kappa shape index (κ3) is 4.11. The molecule has 0 saturated heterocycles. The molecule has 0 amide bonds. The van der Waals surface area contributed by atoms with Gasteiger partial charge in [-0.15, -0.1) is 5.10 Å². The SMILES string of the molecule is COc1ccc([C@H]2C3=C(CCCC3=O)Nc3nc(SCc4cccc(C)c4)nn32)cc1OC. The molecule has 0 bridgehead atoms. The third-order valence-corrected chi connectivity index (χ3v) is 6.93. The predicted molar refractivity (Wildman–Crippen MR) is 128 cm³/mol. The number of hydrogen-bond donors (Lipinski definition) is 1. The minimum atomic E-state index is -0.357. The van der Waals surface area contributed by atoms with Crippen LogP contribution in [0.1, 0.15) is 42.0 Å². The summed E-state index contributed by atoms with van der Waals surface area (Å²) in [5.74, 6) is 2.86. The number of aromatic nitrogens is 3. The van der Waals surface area contributed by atoms with E-state index in [0.717, 1.165) is 35.4 Å². The van der Waals surface area contributed by atoms with E-state index >= 15 is 0 Å². The monoisotopic (exact) mass is 462 g/mol. The van der Waals surface area contributed by atoms with Gasteiger partial charge in [-0.05, 0) is 43.0 Å². The molecule has 1 aliphatic heterocycles. The minimum Gasteiger partial charge on any atom is -0.493 e. The molecule has 1 aromatic heterocycles. The second-order valence-electron chi connectivity index (χ2n) is 8.25. The maximum atomic E-state index is 13.0. The number of carbonyl (C=O) groups excluding carboxylic acids is 1. The number of nitrogens with one attached hydrogen (secondary N) is 1. The van der Waals surface area contributed by atoms with Gasteiger partial charge in [-0.3, -0.25) is 4.79 Å². The van der Waals surface area contributed by atoms with E-state index in [2.05, 4.69) is 36.5 Å². The molecule has 2 heterocycles. The van der Waals surface area contributed by atoms with Gasteiger partial charge < -0.3 is 14.8 Å². The summed E-state index contributed by atoms with van der Waals surface area (Å²) in [5, 5.41) is 8.88. The van der Waals surface area contributed by atoms with Crippen LogP contribution in [0.4, 0.5) is 5.95 Å². The van der Waals surface area contributed by atoms with Crippen LogP contribution in [0.3, 0.4) is 0 Å². The summed E-state index contributed by atoms with van der Waals surface area (Å²) >= 11 is 1.59. The first-order chi connectivity index (χ1) is 16.1. The van der Waals surface area contributed by atoms with Crippen LogP contribution in [0.2, 0.25) is 0 Å². The molecule has 1 atom stereocenters. The lowest BCUT2D eigenvalue weighted by molar-refractivity contribution is -0.116. The molecular formula is C25H26N4O3S. The normalized spacial score (nSPS) is 17.3. The first kappa shape index (κ1) is 21.6. The van der Waals surface area contributed by atoms with Crippen molar-refractivity contribution in [3.8, 4) is 11.5 Å². The second-order valence-corrected chi connectivity index (χ2v) is 9.19. The standard InChI is InChI=1S/C25H26N4O3S/c1-15-6-4-7-16(12-15)14-33-25-27-24-26-18-8-5-9-19(30)22(18)23(29(24)28-25)17-10-11-20(31-2)21(13-17)32-3/h4,6-7,10-13,23H,5,8-9,14H2,1-3H3,(H,26,27,28)/t23-/m0/s1. The maximum Gasteiger partial charge on any atom is 0.227 e. The van der Waals surface area contributed by atoms with E-state index in [1.807, 2.05) is 22.9 Å². The van der Waals surface area contributed by atoms with Gasteiger partial charge in [-0.25, -0.2) is 4.68 Å². The number of hydrogen-bond acceptors (Lipinski definition) is 7. The topological polar surface area (TPSA) is 78.3 Å². The number of ketones is 1. The molecule has 0 fully saturated rings. The van der Waals surface area contributed by atoms with Gasteiger partial charge in [-0.1, -0.05) is 47.7 Å². The van der Waals surface area contributed by atoms with E-state index in [0.29, 0.717) is 29.0 Å². The fraction of sp³-hybridized carbons (Fsp3) is 0.320. The molecule has 2 aromatic carbocycles. The smallest absolute Gasteiger partial charge is 0.227 e. The van der Waals surface area contributed by atoms with E-state index in [9.17, 15) is 4.79 Å². The van der Waals surface area contributed by atoms with Crippen molar-refractivity contribution in [2.45, 2.75) is 43.1 Å². The summed E-state index contributed by atoms with van der Waals surface area (Å²) < 4.78 is 12.8. The number of thioether (sulfide) groups is 1. The highest BCUT2D eigenvalue weighted by Gasteiger charge is 2.37. The molecule has 0 spiro atoms. The first-order valence-electron chi connectivity index (χ1n) is 11.0. The van der Waals surface area contributed by atoms with Gasteiger partial charge in [0.1, 0.15) is 6.04 Å². The van der Waals surface area contributed by atoms with Gasteiger partial charge in [0, 0.05) is 23.4 Å². The quantitative estimate of drug-likeness (QED) is 0.521. The summed E-state index contributed by atoms with van der Waals surface area (Å²) in [5.41, 5.74) is 5.08. The Balaban J connectivity index is 1.53. The van der Waals surface area contributed by atoms with Gasteiger partial charge in [0.15, 0.2) is 17.3 Å². The van der Waals surface area contributed by atoms with Crippen LogP contribution in [0.5, 0.6) is 11.5 Å². The van der Waals surface area contributed by atoms with Crippen molar-refractivity contribution >= 4 is 23.5 Å². The van der Waals surface area contributed by atoms with Crippen molar-refractivity contribution in [2.75, 3.05) is 19.5 Å². The number of nitrogens with zero attached hydrogens (tertiary/aromatic N) is 3. The van der Waals surface area contributed by atoms with Gasteiger partial charge in [0.05, 0.1) is 14.2 Å².